The topological polar surface area (TPSA) is 49.8 Å². The van der Waals surface area contributed by atoms with Crippen LogP contribution in [0.5, 0.6) is 0 Å². The molecule has 0 aliphatic carbocycles. The first-order valence-electron chi connectivity index (χ1n) is 6.18. The van der Waals surface area contributed by atoms with Crippen LogP contribution in [-0.2, 0) is 9.53 Å². The third-order valence-corrected chi connectivity index (χ3v) is 3.28. The molecule has 1 rings (SSSR count). The number of nitrogens with zero attached hydrogens (tertiary/aromatic N) is 1. The molecule has 0 radical (unpaired) electrons. The first-order chi connectivity index (χ1) is 7.69. The van der Waals surface area contributed by atoms with Gasteiger partial charge in [0.15, 0.2) is 0 Å². The fourth-order valence-electron chi connectivity index (χ4n) is 2.15. The molecule has 0 bridgehead atoms. The van der Waals surface area contributed by atoms with Gasteiger partial charge < -0.3 is 9.84 Å². The van der Waals surface area contributed by atoms with Gasteiger partial charge in [0.2, 0.25) is 0 Å². The van der Waals surface area contributed by atoms with Crippen LogP contribution in [0.15, 0.2) is 0 Å². The molecule has 1 aliphatic heterocycles. The molecule has 0 aromatic heterocycles. The van der Waals surface area contributed by atoms with Gasteiger partial charge in [-0.25, -0.2) is 0 Å². The largest absolute Gasteiger partial charge is 0.394 e. The number of likely N-dealkylation sites (tertiary alicyclic amines) is 1. The Kier molecular flexibility index (Phi) is 5.95. The van der Waals surface area contributed by atoms with E-state index in [-0.39, 0.29) is 18.8 Å². The lowest BCUT2D eigenvalue weighted by Crippen LogP contribution is -2.45. The fraction of sp³-hybridized carbons (Fsp3) is 0.917. The molecular formula is C12H23NO3. The maximum atomic E-state index is 11.6. The predicted molar refractivity (Wildman–Crippen MR) is 62.4 cm³/mol. The number of piperidine rings is 1. The smallest absolute Gasteiger partial charge is 0.149 e. The van der Waals surface area contributed by atoms with Gasteiger partial charge in [-0.1, -0.05) is 6.92 Å². The highest BCUT2D eigenvalue weighted by Gasteiger charge is 2.25. The van der Waals surface area contributed by atoms with Crippen molar-refractivity contribution in [3.8, 4) is 0 Å². The zero-order chi connectivity index (χ0) is 12.0. The number of carbonyl (C=O) groups excluding carboxylic acids is 1. The summed E-state index contributed by atoms with van der Waals surface area (Å²) in [5, 5.41) is 8.66. The maximum absolute atomic E-state index is 11.6. The van der Waals surface area contributed by atoms with Crippen molar-refractivity contribution >= 4 is 5.78 Å². The monoisotopic (exact) mass is 229 g/mol. The molecule has 94 valence electrons. The van der Waals surface area contributed by atoms with E-state index in [0.717, 1.165) is 25.9 Å². The summed E-state index contributed by atoms with van der Waals surface area (Å²) in [5.41, 5.74) is 0. The molecular weight excluding hydrogens is 206 g/mol. The van der Waals surface area contributed by atoms with E-state index in [9.17, 15) is 4.79 Å². The molecule has 0 spiro atoms. The molecule has 0 saturated carbocycles. The first-order valence-corrected chi connectivity index (χ1v) is 6.18. The Morgan fingerprint density at radius 1 is 1.50 bits per heavy atom. The average molecular weight is 229 g/mol. The first kappa shape index (κ1) is 13.6. The van der Waals surface area contributed by atoms with Crippen LogP contribution < -0.4 is 0 Å². The number of aliphatic hydroxyl groups is 1. The number of ether oxygens (including phenoxy) is 1. The van der Waals surface area contributed by atoms with Crippen molar-refractivity contribution in [2.75, 3.05) is 26.3 Å². The molecule has 1 unspecified atom stereocenters. The van der Waals surface area contributed by atoms with Crippen molar-refractivity contribution in [1.82, 2.24) is 4.90 Å². The molecule has 1 heterocycles. The number of ketones is 1. The number of Topliss-reactive ketones (excluding diaryl/α,β-unsaturated/α-hetero) is 1. The summed E-state index contributed by atoms with van der Waals surface area (Å²) in [4.78, 5) is 13.8. The average Bonchev–Trinajstić information content (AvgIpc) is 2.35. The summed E-state index contributed by atoms with van der Waals surface area (Å²) in [7, 11) is 0. The minimum Gasteiger partial charge on any atom is -0.394 e. The summed E-state index contributed by atoms with van der Waals surface area (Å²) < 4.78 is 5.49. The number of hydrogen-bond acceptors (Lipinski definition) is 4. The van der Waals surface area contributed by atoms with Crippen molar-refractivity contribution in [3.05, 3.63) is 0 Å². The molecule has 16 heavy (non-hydrogen) atoms. The third-order valence-electron chi connectivity index (χ3n) is 3.28. The molecule has 0 aromatic rings. The Labute approximate surface area is 97.6 Å². The molecule has 0 amide bonds. The summed E-state index contributed by atoms with van der Waals surface area (Å²) in [6, 6.07) is 0.0452. The van der Waals surface area contributed by atoms with Crippen LogP contribution in [0.4, 0.5) is 0 Å². The highest BCUT2D eigenvalue weighted by atomic mass is 16.5. The van der Waals surface area contributed by atoms with Gasteiger partial charge in [0, 0.05) is 19.5 Å². The van der Waals surface area contributed by atoms with Gasteiger partial charge in [-0.3, -0.25) is 9.69 Å². The van der Waals surface area contributed by atoms with Crippen molar-refractivity contribution in [2.45, 2.75) is 45.3 Å². The van der Waals surface area contributed by atoms with E-state index in [1.807, 2.05) is 13.8 Å². The summed E-state index contributed by atoms with van der Waals surface area (Å²) in [6.45, 7) is 6.25. The predicted octanol–water partition coefficient (Wildman–Crippen LogP) is 0.827. The second-order valence-corrected chi connectivity index (χ2v) is 4.33. The highest BCUT2D eigenvalue weighted by molar-refractivity contribution is 5.83. The fourth-order valence-corrected chi connectivity index (χ4v) is 2.15. The standard InChI is InChI=1S/C12H23NO3/c1-3-12(15)10(2)13-6-4-11(5-7-13)16-9-8-14/h10-11,14H,3-9H2,1-2H3. The van der Waals surface area contributed by atoms with Crippen LogP contribution in [0, 0.1) is 0 Å². The Morgan fingerprint density at radius 2 is 2.12 bits per heavy atom. The van der Waals surface area contributed by atoms with Crippen LogP contribution in [0.3, 0.4) is 0 Å². The minimum absolute atomic E-state index is 0.0452. The van der Waals surface area contributed by atoms with Crippen LogP contribution in [0.25, 0.3) is 0 Å². The van der Waals surface area contributed by atoms with Gasteiger partial charge >= 0.3 is 0 Å². The molecule has 1 atom stereocenters. The van der Waals surface area contributed by atoms with E-state index in [2.05, 4.69) is 4.90 Å². The zero-order valence-electron chi connectivity index (χ0n) is 10.3. The van der Waals surface area contributed by atoms with Crippen molar-refractivity contribution in [2.24, 2.45) is 0 Å². The Balaban J connectivity index is 2.28. The molecule has 1 aliphatic rings. The Bertz CT molecular complexity index is 212. The summed E-state index contributed by atoms with van der Waals surface area (Å²) >= 11 is 0. The van der Waals surface area contributed by atoms with Crippen LogP contribution in [0.2, 0.25) is 0 Å². The molecule has 1 N–H and O–H groups in total. The van der Waals surface area contributed by atoms with Crippen LogP contribution >= 0.6 is 0 Å². The molecule has 1 fully saturated rings. The number of rotatable bonds is 6. The van der Waals surface area contributed by atoms with E-state index < -0.39 is 0 Å². The number of hydrogen-bond donors (Lipinski definition) is 1. The lowest BCUT2D eigenvalue weighted by Gasteiger charge is -2.35. The minimum atomic E-state index is 0.0452. The van der Waals surface area contributed by atoms with E-state index in [0.29, 0.717) is 18.8 Å². The van der Waals surface area contributed by atoms with Gasteiger partial charge in [0.25, 0.3) is 0 Å². The highest BCUT2D eigenvalue weighted by Crippen LogP contribution is 2.16. The van der Waals surface area contributed by atoms with E-state index in [1.54, 1.807) is 0 Å². The van der Waals surface area contributed by atoms with Gasteiger partial charge in [-0.15, -0.1) is 0 Å². The number of carbonyl (C=O) groups is 1. The summed E-state index contributed by atoms with van der Waals surface area (Å²) in [5.74, 6) is 0.315. The van der Waals surface area contributed by atoms with Crippen molar-refractivity contribution in [1.29, 1.82) is 0 Å². The number of aliphatic hydroxyl groups excluding tert-OH is 1. The second-order valence-electron chi connectivity index (χ2n) is 4.33. The van der Waals surface area contributed by atoms with Crippen molar-refractivity contribution in [3.63, 3.8) is 0 Å². The van der Waals surface area contributed by atoms with Crippen LogP contribution in [0.1, 0.15) is 33.1 Å². The molecule has 4 heteroatoms. The normalized spacial score (nSPS) is 20.9. The van der Waals surface area contributed by atoms with Gasteiger partial charge in [0.05, 0.1) is 25.4 Å². The second kappa shape index (κ2) is 6.99. The van der Waals surface area contributed by atoms with Crippen molar-refractivity contribution < 1.29 is 14.6 Å². The zero-order valence-corrected chi connectivity index (χ0v) is 10.3. The molecule has 0 aromatic carbocycles. The van der Waals surface area contributed by atoms with Gasteiger partial charge in [-0.05, 0) is 19.8 Å². The van der Waals surface area contributed by atoms with Crippen LogP contribution in [-0.4, -0.2) is 54.2 Å². The molecule has 1 saturated heterocycles. The van der Waals surface area contributed by atoms with E-state index in [1.165, 1.54) is 0 Å². The maximum Gasteiger partial charge on any atom is 0.149 e. The van der Waals surface area contributed by atoms with Gasteiger partial charge in [0.1, 0.15) is 5.78 Å². The molecule has 4 nitrogen and oxygen atoms in total. The van der Waals surface area contributed by atoms with E-state index in [4.69, 9.17) is 9.84 Å². The lowest BCUT2D eigenvalue weighted by atomic mass is 10.0. The SMILES string of the molecule is CCC(=O)C(C)N1CCC(OCCO)CC1. The summed E-state index contributed by atoms with van der Waals surface area (Å²) in [6.07, 6.45) is 2.79. The van der Waals surface area contributed by atoms with Gasteiger partial charge in [-0.2, -0.15) is 0 Å². The van der Waals surface area contributed by atoms with E-state index >= 15 is 0 Å². The lowest BCUT2D eigenvalue weighted by molar-refractivity contribution is -0.124. The quantitative estimate of drug-likeness (QED) is 0.733. The Hall–Kier alpha value is -0.450. The third kappa shape index (κ3) is 3.85. The Morgan fingerprint density at radius 3 is 2.62 bits per heavy atom.